The third-order valence-electron chi connectivity index (χ3n) is 10.4. The molecule has 8 bridgehead atoms. The molecule has 6 rings (SSSR count). The third kappa shape index (κ3) is 9.23. The van der Waals surface area contributed by atoms with Crippen molar-refractivity contribution < 1.29 is 32.9 Å². The van der Waals surface area contributed by atoms with Gasteiger partial charge in [-0.3, -0.25) is 0 Å². The summed E-state index contributed by atoms with van der Waals surface area (Å²) in [7, 11) is -24.6. The molecule has 8 atom stereocenters. The monoisotopic (exact) mass is 834 g/mol. The van der Waals surface area contributed by atoms with Gasteiger partial charge in [-0.25, -0.2) is 0 Å². The molecule has 8 nitrogen and oxygen atoms in total. The van der Waals surface area contributed by atoms with Gasteiger partial charge in [0.1, 0.15) is 0 Å². The van der Waals surface area contributed by atoms with Gasteiger partial charge in [-0.05, 0) is 83.7 Å². The number of hydrogen-bond acceptors (Lipinski definition) is 8. The average Bonchev–Trinajstić information content (AvgIpc) is 2.80. The molecule has 8 unspecified atom stereocenters. The minimum atomic E-state index is -3.19. The second-order valence-corrected chi connectivity index (χ2v) is 49.9. The minimum Gasteiger partial charge on any atom is -0.415 e. The van der Waals surface area contributed by atoms with Crippen LogP contribution in [-0.2, 0) is 32.9 Å². The van der Waals surface area contributed by atoms with Crippen LogP contribution >= 0.6 is 0 Å². The minimum absolute atomic E-state index is 0.389. The smallest absolute Gasteiger partial charge is 0.348 e. The highest BCUT2D eigenvalue weighted by Crippen LogP contribution is 2.59. The summed E-state index contributed by atoms with van der Waals surface area (Å²) in [5.41, 5.74) is 5.23. The Labute approximate surface area is 315 Å². The largest absolute Gasteiger partial charge is 0.415 e. The molecule has 6 heterocycles. The number of hydrogen-bond donors (Lipinski definition) is 0. The summed E-state index contributed by atoms with van der Waals surface area (Å²) < 4.78 is 65.4. The highest BCUT2D eigenvalue weighted by Gasteiger charge is 2.78. The summed E-state index contributed by atoms with van der Waals surface area (Å²) in [5.74, 6) is 2.78. The first-order valence-corrected chi connectivity index (χ1v) is 37.9. The lowest BCUT2D eigenvalue weighted by atomic mass is 10.3. The van der Waals surface area contributed by atoms with Crippen LogP contribution in [0.2, 0.25) is 65.0 Å². The molecular weight excluding hydrogens is 761 g/mol. The summed E-state index contributed by atoms with van der Waals surface area (Å²) in [6, 6.07) is 6.31. The maximum absolute atomic E-state index is 8.28. The van der Waals surface area contributed by atoms with E-state index in [1.807, 2.05) is 0 Å². The predicted octanol–water partition coefficient (Wildman–Crippen LogP) is 10.2. The summed E-state index contributed by atoms with van der Waals surface area (Å²) in [6.07, 6.45) is 0. The van der Waals surface area contributed by atoms with Gasteiger partial charge in [0.15, 0.2) is 0 Å². The summed E-state index contributed by atoms with van der Waals surface area (Å²) in [6.45, 7) is 37.3. The van der Waals surface area contributed by atoms with Crippen LogP contribution in [0.3, 0.4) is 0 Å². The molecule has 50 heavy (non-hydrogen) atoms. The molecule has 0 N–H and O–H groups in total. The van der Waals surface area contributed by atoms with Crippen LogP contribution in [0.25, 0.3) is 0 Å². The van der Waals surface area contributed by atoms with E-state index in [-0.39, 0.29) is 0 Å². The van der Waals surface area contributed by atoms with Crippen molar-refractivity contribution in [3.63, 3.8) is 0 Å². The van der Waals surface area contributed by atoms with E-state index in [4.69, 9.17) is 32.9 Å². The molecule has 6 fully saturated rings. The highest BCUT2D eigenvalue weighted by molar-refractivity contribution is 7.13. The Morgan fingerprint density at radius 1 is 0.340 bits per heavy atom. The van der Waals surface area contributed by atoms with Crippen LogP contribution in [-0.4, -0.2) is 68.5 Å². The molecule has 16 heteroatoms. The van der Waals surface area contributed by atoms with Gasteiger partial charge in [0.2, 0.25) is 0 Å². The first-order valence-electron chi connectivity index (χ1n) is 20.2. The molecular formula is C34H74O8Si8. The molecule has 0 aliphatic carbocycles. The van der Waals surface area contributed by atoms with E-state index in [1.165, 1.54) is 0 Å². The van der Waals surface area contributed by atoms with Gasteiger partial charge in [0.25, 0.3) is 0 Å². The molecule has 0 radical (unpaired) electrons. The van der Waals surface area contributed by atoms with E-state index in [0.717, 1.165) is 65.0 Å². The molecule has 0 amide bonds. The zero-order valence-electron chi connectivity index (χ0n) is 34.4. The number of rotatable bonds is 15. The van der Waals surface area contributed by atoms with Crippen LogP contribution in [0.4, 0.5) is 0 Å². The van der Waals surface area contributed by atoms with Crippen LogP contribution in [0.1, 0.15) is 96.9 Å². The zero-order valence-corrected chi connectivity index (χ0v) is 42.4. The first kappa shape index (κ1) is 42.3. The zero-order chi connectivity index (χ0) is 37.2. The lowest BCUT2D eigenvalue weighted by molar-refractivity contribution is 0.160. The lowest BCUT2D eigenvalue weighted by Gasteiger charge is -2.66. The van der Waals surface area contributed by atoms with Gasteiger partial charge in [-0.15, -0.1) is 6.58 Å². The SMILES string of the molecule is C=C[Si]12C[Si]3(CC(C)C)O[Si]4(CC(C)C)C[Si]5(CC(C)C)O[Si](CC(C)C)(C[Si](CC(C)C)(O1)O4)O[Si](CC(C)C)(C[Si](CC(C)C)(O3)O5)O2. The van der Waals surface area contributed by atoms with E-state index in [1.54, 1.807) is 0 Å². The average molecular weight is 836 g/mol. The maximum Gasteiger partial charge on any atom is 0.348 e. The van der Waals surface area contributed by atoms with E-state index in [0.29, 0.717) is 41.4 Å². The fourth-order valence-corrected chi connectivity index (χ4v) is 82.8. The van der Waals surface area contributed by atoms with Crippen LogP contribution < -0.4 is 0 Å². The molecule has 6 aliphatic heterocycles. The first-order chi connectivity index (χ1) is 23.0. The van der Waals surface area contributed by atoms with E-state index in [2.05, 4.69) is 109 Å². The summed E-state index contributed by atoms with van der Waals surface area (Å²) in [5, 5.41) is 0. The highest BCUT2D eigenvalue weighted by atomic mass is 28.6. The van der Waals surface area contributed by atoms with Crippen molar-refractivity contribution in [2.75, 3.05) is 0 Å². The van der Waals surface area contributed by atoms with Gasteiger partial charge >= 0.3 is 68.5 Å². The Bertz CT molecular complexity index is 1070. The molecule has 0 saturated carbocycles. The standard InChI is InChI=1S/C34H74O8Si8/c1-16-43-24-44(17-28(2)3)37-47(20-31(8)9)25-45(35-43,18-29(4)5)39-48(21-32(10)11)26-46(36-43,19-30(6)7)40-49(38-44,22-33(12)13)27-50(41-47,42-48)23-34(14)15/h16,28-34H,1,17-27H2,2-15H3. The predicted molar refractivity (Wildman–Crippen MR) is 222 cm³/mol. The van der Waals surface area contributed by atoms with Gasteiger partial charge in [0, 0.05) is 22.7 Å². The topological polar surface area (TPSA) is 73.8 Å². The lowest BCUT2D eigenvalue weighted by Crippen LogP contribution is -2.85. The maximum atomic E-state index is 8.28. The molecule has 6 saturated heterocycles. The molecule has 0 aromatic heterocycles. The van der Waals surface area contributed by atoms with Crippen molar-refractivity contribution in [2.24, 2.45) is 41.4 Å². The van der Waals surface area contributed by atoms with Gasteiger partial charge in [-0.2, -0.15) is 0 Å². The van der Waals surface area contributed by atoms with Crippen LogP contribution in [0.15, 0.2) is 12.3 Å². The van der Waals surface area contributed by atoms with E-state index in [9.17, 15) is 0 Å². The summed E-state index contributed by atoms with van der Waals surface area (Å²) in [4.78, 5) is 0. The second kappa shape index (κ2) is 14.9. The fourth-order valence-electron chi connectivity index (χ4n) is 10.6. The molecule has 0 spiro atoms. The molecule has 0 aromatic carbocycles. The summed E-state index contributed by atoms with van der Waals surface area (Å²) >= 11 is 0. The Morgan fingerprint density at radius 2 is 0.520 bits per heavy atom. The Balaban J connectivity index is 1.95. The van der Waals surface area contributed by atoms with Crippen molar-refractivity contribution in [1.29, 1.82) is 0 Å². The quantitative estimate of drug-likeness (QED) is 0.151. The van der Waals surface area contributed by atoms with Crippen molar-refractivity contribution in [3.8, 4) is 0 Å². The second-order valence-electron chi connectivity index (χ2n) is 20.1. The van der Waals surface area contributed by atoms with Crippen molar-refractivity contribution in [3.05, 3.63) is 12.3 Å². The van der Waals surface area contributed by atoms with Gasteiger partial charge < -0.3 is 32.9 Å². The van der Waals surface area contributed by atoms with E-state index >= 15 is 0 Å². The molecule has 6 aliphatic rings. The third-order valence-corrected chi connectivity index (χ3v) is 61.8. The molecule has 290 valence electrons. The van der Waals surface area contributed by atoms with Crippen molar-refractivity contribution in [2.45, 2.75) is 162 Å². The normalized spacial score (nSPS) is 43.0. The van der Waals surface area contributed by atoms with E-state index < -0.39 is 68.5 Å². The van der Waals surface area contributed by atoms with Gasteiger partial charge in [-0.1, -0.05) is 103 Å². The van der Waals surface area contributed by atoms with Crippen LogP contribution in [0, 0.1) is 41.4 Å². The fraction of sp³-hybridized carbons (Fsp3) is 0.941. The van der Waals surface area contributed by atoms with Crippen molar-refractivity contribution in [1.82, 2.24) is 0 Å². The van der Waals surface area contributed by atoms with Crippen molar-refractivity contribution >= 4 is 68.5 Å². The van der Waals surface area contributed by atoms with Crippen LogP contribution in [0.5, 0.6) is 0 Å². The molecule has 0 aromatic rings. The van der Waals surface area contributed by atoms with Gasteiger partial charge in [0.05, 0.1) is 0 Å². The Kier molecular flexibility index (Phi) is 12.6. The Hall–Kier alpha value is 1.16. The Morgan fingerprint density at radius 3 is 0.700 bits per heavy atom.